The second-order valence-corrected chi connectivity index (χ2v) is 5.27. The van der Waals surface area contributed by atoms with Gasteiger partial charge in [-0.3, -0.25) is 5.10 Å². The lowest BCUT2D eigenvalue weighted by Gasteiger charge is -2.05. The molecule has 0 atom stereocenters. The third-order valence-corrected chi connectivity index (χ3v) is 3.49. The topological polar surface area (TPSA) is 119 Å². The molecule has 8 heteroatoms. The molecule has 0 saturated carbocycles. The Morgan fingerprint density at radius 1 is 1.28 bits per heavy atom. The number of aromatic nitrogens is 4. The minimum Gasteiger partial charge on any atom is -0.445 e. The van der Waals surface area contributed by atoms with Crippen LogP contribution in [0, 0.1) is 0 Å². The van der Waals surface area contributed by atoms with Crippen molar-refractivity contribution < 1.29 is 9.53 Å². The average Bonchev–Trinajstić information content (AvgIpc) is 3.05. The quantitative estimate of drug-likeness (QED) is 0.593. The predicted octanol–water partition coefficient (Wildman–Crippen LogP) is 2.26. The van der Waals surface area contributed by atoms with Crippen LogP contribution in [0.1, 0.15) is 17.7 Å². The Bertz CT molecular complexity index is 875. The van der Waals surface area contributed by atoms with Gasteiger partial charge in [-0.15, -0.1) is 0 Å². The minimum atomic E-state index is -0.443. The van der Waals surface area contributed by atoms with Gasteiger partial charge in [-0.25, -0.2) is 14.8 Å². The second kappa shape index (κ2) is 7.91. The highest BCUT2D eigenvalue weighted by molar-refractivity contribution is 5.92. The van der Waals surface area contributed by atoms with Crippen molar-refractivity contribution in [1.82, 2.24) is 25.5 Å². The van der Waals surface area contributed by atoms with Gasteiger partial charge in [0.25, 0.3) is 0 Å². The van der Waals surface area contributed by atoms with E-state index in [4.69, 9.17) is 10.5 Å². The molecule has 1 aromatic carbocycles. The lowest BCUT2D eigenvalue weighted by Crippen LogP contribution is -2.24. The third kappa shape index (κ3) is 4.31. The first kappa shape index (κ1) is 16.4. The Labute approximate surface area is 144 Å². The van der Waals surface area contributed by atoms with E-state index in [1.165, 1.54) is 6.33 Å². The van der Waals surface area contributed by atoms with E-state index in [0.717, 1.165) is 11.3 Å². The number of aromatic amines is 1. The lowest BCUT2D eigenvalue weighted by atomic mass is 10.2. The molecule has 0 aliphatic heterocycles. The number of nitrogens with one attached hydrogen (secondary N) is 2. The molecule has 0 spiro atoms. The van der Waals surface area contributed by atoms with Crippen LogP contribution >= 0.6 is 0 Å². The summed E-state index contributed by atoms with van der Waals surface area (Å²) in [6, 6.07) is 9.52. The summed E-state index contributed by atoms with van der Waals surface area (Å²) >= 11 is 0. The summed E-state index contributed by atoms with van der Waals surface area (Å²) in [5.74, 6) is 0.376. The number of ether oxygens (including phenoxy) is 1. The van der Waals surface area contributed by atoms with Crippen molar-refractivity contribution in [2.45, 2.75) is 13.0 Å². The number of anilines is 1. The van der Waals surface area contributed by atoms with Crippen molar-refractivity contribution in [2.24, 2.45) is 0 Å². The van der Waals surface area contributed by atoms with Gasteiger partial charge in [-0.1, -0.05) is 36.4 Å². The number of carbonyl (C=O) groups excluding carboxylic acids is 1. The van der Waals surface area contributed by atoms with Gasteiger partial charge in [0.1, 0.15) is 18.8 Å². The summed E-state index contributed by atoms with van der Waals surface area (Å²) in [5, 5.41) is 10.3. The second-order valence-electron chi connectivity index (χ2n) is 5.27. The van der Waals surface area contributed by atoms with Gasteiger partial charge in [0.05, 0.1) is 11.1 Å². The number of nitrogens with zero attached hydrogens (tertiary/aromatic N) is 3. The van der Waals surface area contributed by atoms with Crippen LogP contribution in [0.15, 0.2) is 42.7 Å². The normalized spacial score (nSPS) is 11.0. The highest BCUT2D eigenvalue weighted by atomic mass is 16.5. The van der Waals surface area contributed by atoms with Gasteiger partial charge in [0.2, 0.25) is 0 Å². The fourth-order valence-electron chi connectivity index (χ4n) is 2.26. The van der Waals surface area contributed by atoms with E-state index in [1.807, 2.05) is 42.5 Å². The third-order valence-electron chi connectivity index (χ3n) is 3.49. The number of hydrogen-bond donors (Lipinski definition) is 3. The van der Waals surface area contributed by atoms with E-state index in [0.29, 0.717) is 29.8 Å². The number of nitrogens with two attached hydrogens (primary N) is 1. The minimum absolute atomic E-state index is 0.252. The fraction of sp³-hybridized carbons (Fsp3) is 0.176. The smallest absolute Gasteiger partial charge is 0.407 e. The maximum absolute atomic E-state index is 11.6. The number of hydrogen-bond acceptors (Lipinski definition) is 6. The molecule has 25 heavy (non-hydrogen) atoms. The number of H-pyrrole nitrogens is 1. The molecule has 128 valence electrons. The molecule has 2 heterocycles. The highest BCUT2D eigenvalue weighted by Gasteiger charge is 2.07. The number of carbonyl (C=O) groups is 1. The molecule has 0 aliphatic rings. The van der Waals surface area contributed by atoms with Crippen LogP contribution in [0.25, 0.3) is 17.1 Å². The molecule has 0 radical (unpaired) electrons. The van der Waals surface area contributed by atoms with E-state index in [9.17, 15) is 4.79 Å². The number of benzene rings is 1. The Hall–Kier alpha value is -3.42. The van der Waals surface area contributed by atoms with Crippen molar-refractivity contribution in [3.63, 3.8) is 0 Å². The molecular formula is C17H18N6O2. The summed E-state index contributed by atoms with van der Waals surface area (Å²) in [7, 11) is 0. The molecule has 3 rings (SSSR count). The molecule has 3 aromatic rings. The van der Waals surface area contributed by atoms with Crippen LogP contribution in [-0.4, -0.2) is 32.8 Å². The Kier molecular flexibility index (Phi) is 5.20. The van der Waals surface area contributed by atoms with Crippen LogP contribution in [0.3, 0.4) is 0 Å². The molecule has 1 amide bonds. The number of rotatable bonds is 6. The Morgan fingerprint density at radius 3 is 2.96 bits per heavy atom. The summed E-state index contributed by atoms with van der Waals surface area (Å²) in [4.78, 5) is 19.6. The van der Waals surface area contributed by atoms with Crippen molar-refractivity contribution in [1.29, 1.82) is 0 Å². The first-order chi connectivity index (χ1) is 12.2. The average molecular weight is 338 g/mol. The van der Waals surface area contributed by atoms with Gasteiger partial charge in [-0.2, -0.15) is 5.10 Å². The Morgan fingerprint density at radius 2 is 2.12 bits per heavy atom. The van der Waals surface area contributed by atoms with Crippen molar-refractivity contribution in [2.75, 3.05) is 12.3 Å². The van der Waals surface area contributed by atoms with Crippen LogP contribution in [0.2, 0.25) is 0 Å². The summed E-state index contributed by atoms with van der Waals surface area (Å²) < 4.78 is 5.13. The van der Waals surface area contributed by atoms with Crippen molar-refractivity contribution in [3.8, 4) is 0 Å². The van der Waals surface area contributed by atoms with Gasteiger partial charge >= 0.3 is 6.09 Å². The SMILES string of the molecule is Nc1ncnc2n[nH]c(C=CCCNC(=O)OCc3ccccc3)c12. The maximum Gasteiger partial charge on any atom is 0.407 e. The van der Waals surface area contributed by atoms with Crippen molar-refractivity contribution >= 4 is 29.0 Å². The first-order valence-electron chi connectivity index (χ1n) is 7.79. The molecule has 0 bridgehead atoms. The molecule has 0 fully saturated rings. The van der Waals surface area contributed by atoms with E-state index in [2.05, 4.69) is 25.5 Å². The van der Waals surface area contributed by atoms with Crippen LogP contribution in [-0.2, 0) is 11.3 Å². The van der Waals surface area contributed by atoms with Gasteiger partial charge in [0, 0.05) is 6.54 Å². The van der Waals surface area contributed by atoms with Gasteiger partial charge < -0.3 is 15.8 Å². The molecule has 2 aromatic heterocycles. The Balaban J connectivity index is 1.43. The maximum atomic E-state index is 11.6. The van der Waals surface area contributed by atoms with Crippen LogP contribution < -0.4 is 11.1 Å². The standard InChI is InChI=1S/C17H18N6O2/c18-15-14-13(22-23-16(14)21-11-20-15)8-4-5-9-19-17(24)25-10-12-6-2-1-3-7-12/h1-4,6-8,11H,5,9-10H2,(H,19,24)(H3,18,20,21,22,23). The summed E-state index contributed by atoms with van der Waals surface area (Å²) in [6.07, 6.45) is 5.30. The largest absolute Gasteiger partial charge is 0.445 e. The fourth-order valence-corrected chi connectivity index (χ4v) is 2.26. The molecule has 0 unspecified atom stereocenters. The van der Waals surface area contributed by atoms with Crippen molar-refractivity contribution in [3.05, 3.63) is 54.0 Å². The van der Waals surface area contributed by atoms with Gasteiger partial charge in [0.15, 0.2) is 5.65 Å². The number of fused-ring (bicyclic) bond motifs is 1. The number of nitrogen functional groups attached to an aromatic ring is 1. The summed E-state index contributed by atoms with van der Waals surface area (Å²) in [6.45, 7) is 0.712. The molecule has 0 aliphatic carbocycles. The summed E-state index contributed by atoms with van der Waals surface area (Å²) in [5.41, 5.74) is 8.04. The monoisotopic (exact) mass is 338 g/mol. The molecule has 8 nitrogen and oxygen atoms in total. The number of alkyl carbamates (subject to hydrolysis) is 1. The van der Waals surface area contributed by atoms with Gasteiger partial charge in [-0.05, 0) is 18.1 Å². The lowest BCUT2D eigenvalue weighted by molar-refractivity contribution is 0.140. The van der Waals surface area contributed by atoms with E-state index < -0.39 is 6.09 Å². The van der Waals surface area contributed by atoms with Crippen LogP contribution in [0.5, 0.6) is 0 Å². The first-order valence-corrected chi connectivity index (χ1v) is 7.79. The van der Waals surface area contributed by atoms with E-state index >= 15 is 0 Å². The number of amides is 1. The zero-order valence-corrected chi connectivity index (χ0v) is 13.5. The zero-order valence-electron chi connectivity index (χ0n) is 13.5. The van der Waals surface area contributed by atoms with E-state index in [1.54, 1.807) is 0 Å². The zero-order chi connectivity index (χ0) is 17.5. The van der Waals surface area contributed by atoms with E-state index in [-0.39, 0.29) is 6.61 Å². The molecule has 0 saturated heterocycles. The predicted molar refractivity (Wildman–Crippen MR) is 94.4 cm³/mol. The molecular weight excluding hydrogens is 320 g/mol. The highest BCUT2D eigenvalue weighted by Crippen LogP contribution is 2.19. The van der Waals surface area contributed by atoms with Crippen LogP contribution in [0.4, 0.5) is 10.6 Å². The molecule has 4 N–H and O–H groups in total.